The van der Waals surface area contributed by atoms with Gasteiger partial charge in [0.2, 0.25) is 5.91 Å². The first-order chi connectivity index (χ1) is 13.1. The number of hydrogen-bond donors (Lipinski definition) is 1. The van der Waals surface area contributed by atoms with Crippen LogP contribution in [0.1, 0.15) is 40.5 Å². The summed E-state index contributed by atoms with van der Waals surface area (Å²) in [5.41, 5.74) is 0. The number of carbonyl (C=O) groups excluding carboxylic acids is 2. The van der Waals surface area contributed by atoms with E-state index in [-0.39, 0.29) is 23.0 Å². The molecule has 28 heavy (non-hydrogen) atoms. The molecule has 0 bridgehead atoms. The largest absolute Gasteiger partial charge is 0 e. The first-order valence-electron chi connectivity index (χ1n) is 8.44. The Labute approximate surface area is 180 Å². The molecule has 1 N–H and O–H groups in total. The van der Waals surface area contributed by atoms with Crippen LogP contribution >= 0.6 is 0 Å². The normalized spacial score (nSPS) is 9.89. The topological polar surface area (TPSA) is 86.0 Å². The molecule has 0 aromatic rings. The third-order valence-electron chi connectivity index (χ3n) is 2.34. The van der Waals surface area contributed by atoms with Crippen LogP contribution in [0.4, 0.5) is 0 Å². The van der Waals surface area contributed by atoms with Gasteiger partial charge in [0.1, 0.15) is 6.29 Å². The molecule has 0 aromatic heterocycles. The minimum atomic E-state index is -0.0302. The van der Waals surface area contributed by atoms with Gasteiger partial charge in [-0.25, -0.2) is 0 Å². The zero-order valence-corrected chi connectivity index (χ0v) is 18.1. The van der Waals surface area contributed by atoms with Crippen molar-refractivity contribution in [3.8, 4) is 0 Å². The van der Waals surface area contributed by atoms with Crippen LogP contribution in [0.3, 0.4) is 0 Å². The molecule has 0 aliphatic rings. The number of nitrogens with one attached hydrogen (secondary N) is 1. The molecule has 0 radical (unpaired) electrons. The molecule has 0 atom stereocenters. The minimum Gasteiger partial charge on any atom is 0 e. The maximum atomic E-state index is 11.4. The van der Waals surface area contributed by atoms with E-state index in [1.165, 1.54) is 6.92 Å². The van der Waals surface area contributed by atoms with Gasteiger partial charge in [-0.1, -0.05) is 68.5 Å². The van der Waals surface area contributed by atoms with Crippen molar-refractivity contribution in [2.45, 2.75) is 40.5 Å². The number of unbranched alkanes of at least 4 members (excludes halogenated alkanes) is 1. The van der Waals surface area contributed by atoms with Gasteiger partial charge in [-0.2, -0.15) is 0 Å². The smallest absolute Gasteiger partial charge is 0 e. The minimum absolute atomic E-state index is 0. The number of hydrogen-bond acceptors (Lipinski definition) is 2. The van der Waals surface area contributed by atoms with Crippen LogP contribution in [0.15, 0.2) is 60.8 Å². The Morgan fingerprint density at radius 1 is 0.893 bits per heavy atom. The first kappa shape index (κ1) is 36.7. The fourth-order valence-corrected chi connectivity index (χ4v) is 1.29. The first-order valence-corrected chi connectivity index (χ1v) is 8.44. The molecule has 1 amide bonds. The monoisotopic (exact) mass is 429 g/mol. The van der Waals surface area contributed by atoms with Crippen molar-refractivity contribution in [1.82, 2.24) is 5.32 Å². The molecule has 0 fully saturated rings. The maximum Gasteiger partial charge on any atom is 0 e. The fraction of sp³-hybridized carbons (Fsp3) is 0.364. The standard InChI is InChI=1S/C18H27NO.C2H4O.2CO.Fe/c1-4-5-6-7-8-9-10-11-12-13-14-15-18(20)19-16-17(2)3;1-2-3;2*1-2;/h4-9,12-15,17H,10-11,16H2,1-3H3,(H,19,20);2H,1H3;;;/b5-4+,7-6+,9-8-,13-12-,15-14+;;;;. The van der Waals surface area contributed by atoms with E-state index in [0.29, 0.717) is 5.92 Å². The van der Waals surface area contributed by atoms with Gasteiger partial charge in [0.15, 0.2) is 0 Å². The Kier molecular flexibility index (Phi) is 52.1. The van der Waals surface area contributed by atoms with Crippen molar-refractivity contribution in [1.29, 1.82) is 0 Å². The summed E-state index contributed by atoms with van der Waals surface area (Å²) >= 11 is 0. The van der Waals surface area contributed by atoms with E-state index in [2.05, 4.69) is 44.6 Å². The van der Waals surface area contributed by atoms with Crippen LogP contribution in [0.5, 0.6) is 0 Å². The van der Waals surface area contributed by atoms with E-state index in [1.54, 1.807) is 12.2 Å². The summed E-state index contributed by atoms with van der Waals surface area (Å²) in [5.74, 6) is 0.453. The second-order valence-corrected chi connectivity index (χ2v) is 5.08. The Morgan fingerprint density at radius 2 is 1.32 bits per heavy atom. The molecular formula is C22H31FeNO4. The van der Waals surface area contributed by atoms with Crippen molar-refractivity contribution >= 4 is 12.2 Å². The second-order valence-electron chi connectivity index (χ2n) is 5.08. The van der Waals surface area contributed by atoms with Gasteiger partial charge in [-0.15, -0.1) is 0 Å². The molecule has 5 nitrogen and oxygen atoms in total. The van der Waals surface area contributed by atoms with Crippen molar-refractivity contribution in [3.05, 3.63) is 74.1 Å². The average molecular weight is 429 g/mol. The molecule has 0 saturated carbocycles. The van der Waals surface area contributed by atoms with Crippen molar-refractivity contribution in [2.75, 3.05) is 6.54 Å². The van der Waals surface area contributed by atoms with E-state index in [4.69, 9.17) is 14.1 Å². The molecule has 0 aromatic carbocycles. The molecule has 0 rings (SSSR count). The molecular weight excluding hydrogens is 398 g/mol. The summed E-state index contributed by atoms with van der Waals surface area (Å²) in [6, 6.07) is 0. The zero-order valence-electron chi connectivity index (χ0n) is 17.0. The fourth-order valence-electron chi connectivity index (χ4n) is 1.29. The second kappa shape index (κ2) is 39.8. The number of rotatable bonds is 9. The number of carbonyl (C=O) groups is 2. The third kappa shape index (κ3) is 49.6. The molecule has 156 valence electrons. The van der Waals surface area contributed by atoms with Crippen molar-refractivity contribution in [2.24, 2.45) is 5.92 Å². The number of amides is 1. The van der Waals surface area contributed by atoms with Crippen LogP contribution in [0.25, 0.3) is 0 Å². The van der Waals surface area contributed by atoms with Gasteiger partial charge in [0.25, 0.3) is 0 Å². The molecule has 0 saturated heterocycles. The van der Waals surface area contributed by atoms with Gasteiger partial charge >= 0.3 is 22.6 Å². The van der Waals surface area contributed by atoms with E-state index in [9.17, 15) is 4.79 Å². The van der Waals surface area contributed by atoms with E-state index in [0.717, 1.165) is 25.7 Å². The number of aldehydes is 1. The molecule has 0 aliphatic heterocycles. The Bertz CT molecular complexity index is 507. The van der Waals surface area contributed by atoms with Crippen LogP contribution in [-0.2, 0) is 36.0 Å². The van der Waals surface area contributed by atoms with Gasteiger partial charge < -0.3 is 10.1 Å². The van der Waals surface area contributed by atoms with Crippen molar-refractivity contribution in [3.63, 3.8) is 0 Å². The van der Waals surface area contributed by atoms with Gasteiger partial charge in [-0.3, -0.25) is 4.79 Å². The summed E-state index contributed by atoms with van der Waals surface area (Å²) in [6.45, 7) is 17.3. The summed E-state index contributed by atoms with van der Waals surface area (Å²) < 4.78 is 15.0. The Morgan fingerprint density at radius 3 is 1.75 bits per heavy atom. The summed E-state index contributed by atoms with van der Waals surface area (Å²) in [7, 11) is 0. The predicted molar refractivity (Wildman–Crippen MR) is 108 cm³/mol. The van der Waals surface area contributed by atoms with E-state index < -0.39 is 0 Å². The summed E-state index contributed by atoms with van der Waals surface area (Å²) in [5, 5.41) is 2.83. The average Bonchev–Trinajstić information content (AvgIpc) is 2.68. The van der Waals surface area contributed by atoms with Gasteiger partial charge in [0.05, 0.1) is 0 Å². The maximum absolute atomic E-state index is 11.4. The molecule has 6 heteroatoms. The molecule has 0 spiro atoms. The van der Waals surface area contributed by atoms with E-state index >= 15 is 0 Å². The van der Waals surface area contributed by atoms with Gasteiger partial charge in [-0.05, 0) is 32.6 Å². The molecule has 0 heterocycles. The molecule has 0 unspecified atom stereocenters. The van der Waals surface area contributed by atoms with Crippen LogP contribution < -0.4 is 5.32 Å². The van der Waals surface area contributed by atoms with Crippen LogP contribution in [0.2, 0.25) is 0 Å². The SMILES string of the molecule is C/C=C/C=C/C=C\CC/C=C\C=C\C(=O)NCC(C)C.CC=O.[C-]#[O+].[C-]#[O+].[Fe]. The van der Waals surface area contributed by atoms with Crippen LogP contribution in [-0.4, -0.2) is 18.7 Å². The zero-order chi connectivity index (χ0) is 21.8. The third-order valence-corrected chi connectivity index (χ3v) is 2.34. The predicted octanol–water partition coefficient (Wildman–Crippen LogP) is 4.47. The number of allylic oxidation sites excluding steroid dienone is 9. The van der Waals surface area contributed by atoms with E-state index in [1.807, 2.05) is 43.4 Å². The summed E-state index contributed by atoms with van der Waals surface area (Å²) in [4.78, 5) is 20.2. The summed E-state index contributed by atoms with van der Waals surface area (Å²) in [6.07, 6.45) is 22.2. The van der Waals surface area contributed by atoms with Crippen molar-refractivity contribution < 1.29 is 36.0 Å². The van der Waals surface area contributed by atoms with Crippen LogP contribution in [0, 0.1) is 19.2 Å². The quantitative estimate of drug-likeness (QED) is 0.112. The Hall–Kier alpha value is -2.16. The molecule has 0 aliphatic carbocycles. The van der Waals surface area contributed by atoms with Gasteiger partial charge in [0, 0.05) is 29.7 Å². The Balaban J connectivity index is -0.000000194.